The topological polar surface area (TPSA) is 36.0 Å². The zero-order valence-electron chi connectivity index (χ0n) is 19.5. The van der Waals surface area contributed by atoms with Crippen molar-refractivity contribution in [2.24, 2.45) is 0 Å². The Bertz CT molecular complexity index is 1330. The van der Waals surface area contributed by atoms with Crippen molar-refractivity contribution in [3.8, 4) is 11.5 Å². The van der Waals surface area contributed by atoms with Gasteiger partial charge in [-0.05, 0) is 54.3 Å². The molecule has 1 saturated heterocycles. The highest BCUT2D eigenvalue weighted by Gasteiger charge is 2.27. The van der Waals surface area contributed by atoms with Crippen LogP contribution in [0.1, 0.15) is 12.5 Å². The smallest absolute Gasteiger partial charge is 0.241 e. The Morgan fingerprint density at radius 3 is 2.59 bits per heavy atom. The number of nitrogens with zero attached hydrogens (tertiary/aromatic N) is 3. The molecular weight excluding hydrogens is 422 g/mol. The van der Waals surface area contributed by atoms with Crippen molar-refractivity contribution in [2.45, 2.75) is 13.3 Å². The molecule has 1 unspecified atom stereocenters. The lowest BCUT2D eigenvalue weighted by molar-refractivity contribution is -0.121. The molecule has 1 fully saturated rings. The maximum atomic E-state index is 13.2. The summed E-state index contributed by atoms with van der Waals surface area (Å²) in [6.45, 7) is 6.94. The number of anilines is 1. The third-order valence-electron chi connectivity index (χ3n) is 7.03. The van der Waals surface area contributed by atoms with Crippen LogP contribution in [-0.4, -0.2) is 55.0 Å². The second kappa shape index (κ2) is 8.65. The number of piperazine rings is 1. The first-order chi connectivity index (χ1) is 16.6. The first kappa shape index (κ1) is 21.0. The molecule has 4 aliphatic rings. The van der Waals surface area contributed by atoms with Gasteiger partial charge in [-0.25, -0.2) is 0 Å². The maximum Gasteiger partial charge on any atom is 0.241 e. The van der Waals surface area contributed by atoms with Crippen LogP contribution in [0.2, 0.25) is 0 Å². The highest BCUT2D eigenvalue weighted by molar-refractivity contribution is 6.05. The highest BCUT2D eigenvalue weighted by Crippen LogP contribution is 2.33. The molecule has 5 nitrogen and oxygen atoms in total. The molecule has 4 heterocycles. The average molecular weight is 452 g/mol. The Balaban J connectivity index is 1.43. The number of benzene rings is 3. The van der Waals surface area contributed by atoms with Crippen LogP contribution in [0.4, 0.5) is 5.69 Å². The van der Waals surface area contributed by atoms with E-state index in [0.717, 1.165) is 60.6 Å². The molecule has 3 aromatic carbocycles. The van der Waals surface area contributed by atoms with E-state index < -0.39 is 0 Å². The molecule has 0 radical (unpaired) electrons. The predicted molar refractivity (Wildman–Crippen MR) is 136 cm³/mol. The van der Waals surface area contributed by atoms with E-state index in [1.165, 1.54) is 16.8 Å². The molecule has 0 spiro atoms. The van der Waals surface area contributed by atoms with Gasteiger partial charge >= 0.3 is 0 Å². The van der Waals surface area contributed by atoms with E-state index in [9.17, 15) is 4.79 Å². The minimum Gasteiger partial charge on any atom is -0.457 e. The standard InChI is InChI=1S/C29H29N3O2/c1-21-8-10-24-16-22-4-2-6-25(17-22)34-26-11-9-23-5-3-7-28(27(23)18-26)32-15-13-30(20-29(32)33)12-14-31(24)19-21/h2-11,17-18H,12-16,19-20H2,1H3. The lowest BCUT2D eigenvalue weighted by atomic mass is 10.0. The number of carbonyl (C=O) groups excluding carboxylic acids is 1. The van der Waals surface area contributed by atoms with E-state index in [1.807, 2.05) is 29.2 Å². The molecule has 0 aliphatic carbocycles. The summed E-state index contributed by atoms with van der Waals surface area (Å²) in [7, 11) is 0. The quantitative estimate of drug-likeness (QED) is 0.483. The molecule has 6 bridgehead atoms. The first-order valence-corrected chi connectivity index (χ1v) is 12.1. The summed E-state index contributed by atoms with van der Waals surface area (Å²) in [4.78, 5) is 19.9. The molecule has 34 heavy (non-hydrogen) atoms. The molecule has 0 aromatic heterocycles. The van der Waals surface area contributed by atoms with Gasteiger partial charge in [0, 0.05) is 50.2 Å². The average Bonchev–Trinajstić information content (AvgIpc) is 2.84. The summed E-state index contributed by atoms with van der Waals surface area (Å²) in [5.74, 6) is 1.77. The van der Waals surface area contributed by atoms with Gasteiger partial charge < -0.3 is 14.5 Å². The van der Waals surface area contributed by atoms with Gasteiger partial charge in [0.15, 0.2) is 0 Å². The molecule has 172 valence electrons. The summed E-state index contributed by atoms with van der Waals surface area (Å²) in [6, 6.07) is 20.7. The maximum absolute atomic E-state index is 13.2. The minimum atomic E-state index is 0.159. The Labute approximate surface area is 200 Å². The molecule has 3 aromatic rings. The summed E-state index contributed by atoms with van der Waals surface area (Å²) >= 11 is 0. The van der Waals surface area contributed by atoms with E-state index >= 15 is 0 Å². The van der Waals surface area contributed by atoms with Crippen LogP contribution in [0, 0.1) is 0 Å². The van der Waals surface area contributed by atoms with Gasteiger partial charge in [-0.1, -0.05) is 42.0 Å². The van der Waals surface area contributed by atoms with Crippen molar-refractivity contribution in [3.63, 3.8) is 0 Å². The van der Waals surface area contributed by atoms with Gasteiger partial charge in [0.1, 0.15) is 11.5 Å². The minimum absolute atomic E-state index is 0.159. The van der Waals surface area contributed by atoms with Gasteiger partial charge in [-0.15, -0.1) is 0 Å². The second-order valence-corrected chi connectivity index (χ2v) is 9.50. The number of rotatable bonds is 0. The molecule has 1 atom stereocenters. The van der Waals surface area contributed by atoms with Crippen molar-refractivity contribution in [3.05, 3.63) is 89.6 Å². The van der Waals surface area contributed by atoms with E-state index in [0.29, 0.717) is 13.1 Å². The number of fused-ring (bicyclic) bond motifs is 3. The Morgan fingerprint density at radius 1 is 0.824 bits per heavy atom. The predicted octanol–water partition coefficient (Wildman–Crippen LogP) is 4.98. The van der Waals surface area contributed by atoms with Crippen molar-refractivity contribution >= 4 is 22.4 Å². The first-order valence-electron chi connectivity index (χ1n) is 12.1. The number of hydrogen-bond donors (Lipinski definition) is 0. The van der Waals surface area contributed by atoms with Crippen molar-refractivity contribution < 1.29 is 9.53 Å². The lowest BCUT2D eigenvalue weighted by Crippen LogP contribution is -2.52. The summed E-state index contributed by atoms with van der Waals surface area (Å²) in [5.41, 5.74) is 4.87. The molecule has 0 saturated carbocycles. The van der Waals surface area contributed by atoms with Gasteiger partial charge in [0.05, 0.1) is 12.2 Å². The number of hydrogen-bond acceptors (Lipinski definition) is 4. The van der Waals surface area contributed by atoms with Crippen LogP contribution in [-0.2, 0) is 11.2 Å². The third kappa shape index (κ3) is 4.08. The summed E-state index contributed by atoms with van der Waals surface area (Å²) < 4.78 is 6.31. The van der Waals surface area contributed by atoms with Crippen LogP contribution >= 0.6 is 0 Å². The Morgan fingerprint density at radius 2 is 1.68 bits per heavy atom. The number of carbonyl (C=O) groups is 1. The molecular formula is C29H29N3O2. The Kier molecular flexibility index (Phi) is 5.34. The van der Waals surface area contributed by atoms with Crippen LogP contribution in [0.5, 0.6) is 11.5 Å². The molecule has 5 heteroatoms. The van der Waals surface area contributed by atoms with Crippen LogP contribution < -0.4 is 9.64 Å². The number of allylic oxidation sites excluding steroid dienone is 3. The van der Waals surface area contributed by atoms with Crippen molar-refractivity contribution in [1.82, 2.24) is 9.80 Å². The van der Waals surface area contributed by atoms with Crippen LogP contribution in [0.3, 0.4) is 0 Å². The van der Waals surface area contributed by atoms with E-state index in [4.69, 9.17) is 4.74 Å². The fourth-order valence-electron chi connectivity index (χ4n) is 5.22. The normalized spacial score (nSPS) is 20.5. The van der Waals surface area contributed by atoms with E-state index in [2.05, 4.69) is 65.3 Å². The lowest BCUT2D eigenvalue weighted by Gasteiger charge is -2.37. The van der Waals surface area contributed by atoms with Gasteiger partial charge in [0.25, 0.3) is 0 Å². The zero-order valence-corrected chi connectivity index (χ0v) is 19.5. The van der Waals surface area contributed by atoms with Crippen LogP contribution in [0.15, 0.2) is 84.1 Å². The van der Waals surface area contributed by atoms with Gasteiger partial charge in [-0.3, -0.25) is 9.69 Å². The third-order valence-corrected chi connectivity index (χ3v) is 7.03. The fraction of sp³-hybridized carbons (Fsp3) is 0.276. The summed E-state index contributed by atoms with van der Waals surface area (Å²) in [6.07, 6.45) is 5.33. The van der Waals surface area contributed by atoms with E-state index in [1.54, 1.807) is 0 Å². The molecule has 1 amide bonds. The second-order valence-electron chi connectivity index (χ2n) is 9.50. The van der Waals surface area contributed by atoms with Crippen LogP contribution in [0.25, 0.3) is 10.8 Å². The van der Waals surface area contributed by atoms with Crippen molar-refractivity contribution in [2.75, 3.05) is 44.2 Å². The number of ether oxygens (including phenoxy) is 1. The summed E-state index contributed by atoms with van der Waals surface area (Å²) in [5, 5.41) is 2.16. The largest absolute Gasteiger partial charge is 0.457 e. The Hall–Kier alpha value is -3.57. The van der Waals surface area contributed by atoms with Gasteiger partial charge in [0.2, 0.25) is 5.91 Å². The van der Waals surface area contributed by atoms with Crippen molar-refractivity contribution in [1.29, 1.82) is 0 Å². The fourth-order valence-corrected chi connectivity index (χ4v) is 5.22. The zero-order chi connectivity index (χ0) is 23.1. The number of amides is 1. The molecule has 0 N–H and O–H groups in total. The molecule has 4 aliphatic heterocycles. The SMILES string of the molecule is CC1=CC=C2Cc3cccc(c3)Oc3ccc4cccc(c4c3)N3CCN(CCN2C1)CC3=O. The monoisotopic (exact) mass is 451 g/mol. The highest BCUT2D eigenvalue weighted by atomic mass is 16.5. The molecule has 7 rings (SSSR count). The van der Waals surface area contributed by atoms with E-state index in [-0.39, 0.29) is 5.91 Å². The van der Waals surface area contributed by atoms with Gasteiger partial charge in [-0.2, -0.15) is 0 Å².